The van der Waals surface area contributed by atoms with Gasteiger partial charge in [0.1, 0.15) is 6.33 Å². The summed E-state index contributed by atoms with van der Waals surface area (Å²) in [4.78, 5) is 12.1. The predicted molar refractivity (Wildman–Crippen MR) is 99.9 cm³/mol. The molecule has 1 amide bonds. The number of benzene rings is 2. The van der Waals surface area contributed by atoms with Gasteiger partial charge in [0, 0.05) is 10.2 Å². The van der Waals surface area contributed by atoms with Crippen LogP contribution < -0.4 is 5.32 Å². The summed E-state index contributed by atoms with van der Waals surface area (Å²) in [5, 5.41) is 11.9. The highest BCUT2D eigenvalue weighted by atomic mass is 79.9. The average molecular weight is 424 g/mol. The second kappa shape index (κ2) is 7.83. The Labute approximate surface area is 156 Å². The third-order valence-corrected chi connectivity index (χ3v) is 4.84. The Morgan fingerprint density at radius 2 is 2.04 bits per heavy atom. The highest BCUT2D eigenvalue weighted by molar-refractivity contribution is 9.10. The average Bonchev–Trinajstić information content (AvgIpc) is 3.05. The summed E-state index contributed by atoms with van der Waals surface area (Å²) in [5.41, 5.74) is 1.52. The summed E-state index contributed by atoms with van der Waals surface area (Å²) in [6.45, 7) is 0. The number of thioether (sulfide) groups is 1. The number of anilines is 1. The Kier molecular flexibility index (Phi) is 5.55. The van der Waals surface area contributed by atoms with Gasteiger partial charge in [-0.1, -0.05) is 57.5 Å². The van der Waals surface area contributed by atoms with E-state index in [-0.39, 0.29) is 11.7 Å². The fourth-order valence-corrected chi connectivity index (χ4v) is 3.45. The summed E-state index contributed by atoms with van der Waals surface area (Å²) in [6.07, 6.45) is 1.63. The van der Waals surface area contributed by atoms with E-state index in [9.17, 15) is 4.79 Å². The molecular weight excluding hydrogens is 412 g/mol. The number of nitrogens with zero attached hydrogens (tertiary/aromatic N) is 3. The molecule has 1 N–H and O–H groups in total. The lowest BCUT2D eigenvalue weighted by atomic mass is 10.3. The first kappa shape index (κ1) is 17.0. The number of para-hydroxylation sites is 1. The molecule has 122 valence electrons. The van der Waals surface area contributed by atoms with Crippen LogP contribution >= 0.6 is 39.3 Å². The smallest absolute Gasteiger partial charge is 0.234 e. The molecule has 0 unspecified atom stereocenters. The van der Waals surface area contributed by atoms with Crippen LogP contribution in [-0.4, -0.2) is 26.4 Å². The number of carbonyl (C=O) groups is 1. The topological polar surface area (TPSA) is 59.8 Å². The largest absolute Gasteiger partial charge is 0.324 e. The molecule has 0 aliphatic rings. The predicted octanol–water partition coefficient (Wildman–Crippen LogP) is 4.41. The molecule has 0 atom stereocenters. The number of hydrogen-bond donors (Lipinski definition) is 1. The van der Waals surface area contributed by atoms with Gasteiger partial charge in [0.25, 0.3) is 0 Å². The lowest BCUT2D eigenvalue weighted by Gasteiger charge is -2.08. The molecule has 0 aliphatic carbocycles. The molecule has 3 rings (SSSR count). The number of amides is 1. The summed E-state index contributed by atoms with van der Waals surface area (Å²) in [7, 11) is 0. The molecule has 2 aromatic carbocycles. The minimum Gasteiger partial charge on any atom is -0.324 e. The first-order valence-corrected chi connectivity index (χ1v) is 9.12. The summed E-state index contributed by atoms with van der Waals surface area (Å²) in [5.74, 6) is 0.0459. The van der Waals surface area contributed by atoms with Gasteiger partial charge >= 0.3 is 0 Å². The lowest BCUT2D eigenvalue weighted by molar-refractivity contribution is -0.113. The maximum atomic E-state index is 12.1. The molecule has 5 nitrogen and oxygen atoms in total. The molecule has 1 heterocycles. The second-order valence-corrected chi connectivity index (χ2v) is 7.05. The number of carbonyl (C=O) groups excluding carboxylic acids is 1. The quantitative estimate of drug-likeness (QED) is 0.617. The first-order valence-electron chi connectivity index (χ1n) is 6.96. The van der Waals surface area contributed by atoms with Crippen molar-refractivity contribution in [3.63, 3.8) is 0 Å². The van der Waals surface area contributed by atoms with Crippen molar-refractivity contribution in [2.45, 2.75) is 5.16 Å². The van der Waals surface area contributed by atoms with Crippen molar-refractivity contribution in [1.82, 2.24) is 14.8 Å². The second-order valence-electron chi connectivity index (χ2n) is 4.78. The van der Waals surface area contributed by atoms with Crippen LogP contribution in [0, 0.1) is 0 Å². The Bertz CT molecular complexity index is 856. The molecule has 8 heteroatoms. The van der Waals surface area contributed by atoms with Crippen LogP contribution in [0.3, 0.4) is 0 Å². The molecule has 0 spiro atoms. The van der Waals surface area contributed by atoms with Gasteiger partial charge in [0.2, 0.25) is 5.91 Å². The van der Waals surface area contributed by atoms with E-state index < -0.39 is 0 Å². The van der Waals surface area contributed by atoms with Gasteiger partial charge in [0.15, 0.2) is 5.16 Å². The normalized spacial score (nSPS) is 10.6. The van der Waals surface area contributed by atoms with Gasteiger partial charge in [-0.3, -0.25) is 9.36 Å². The zero-order chi connectivity index (χ0) is 16.9. The number of nitrogens with one attached hydrogen (secondary N) is 1. The Morgan fingerprint density at radius 1 is 1.25 bits per heavy atom. The van der Waals surface area contributed by atoms with Crippen molar-refractivity contribution < 1.29 is 4.79 Å². The van der Waals surface area contributed by atoms with E-state index >= 15 is 0 Å². The molecular formula is C16H12BrClN4OS. The van der Waals surface area contributed by atoms with Gasteiger partial charge in [-0.2, -0.15) is 0 Å². The number of hydrogen-bond acceptors (Lipinski definition) is 4. The molecule has 0 saturated carbocycles. The molecule has 0 radical (unpaired) electrons. The maximum Gasteiger partial charge on any atom is 0.234 e. The fraction of sp³-hybridized carbons (Fsp3) is 0.0625. The summed E-state index contributed by atoms with van der Waals surface area (Å²) < 4.78 is 2.70. The van der Waals surface area contributed by atoms with E-state index in [2.05, 4.69) is 31.4 Å². The highest BCUT2D eigenvalue weighted by Gasteiger charge is 2.11. The number of halogens is 2. The zero-order valence-corrected chi connectivity index (χ0v) is 15.5. The van der Waals surface area contributed by atoms with E-state index in [4.69, 9.17) is 11.6 Å². The van der Waals surface area contributed by atoms with Crippen molar-refractivity contribution in [3.05, 3.63) is 64.4 Å². The Balaban J connectivity index is 1.64. The van der Waals surface area contributed by atoms with Crippen LogP contribution in [0.2, 0.25) is 5.02 Å². The monoisotopic (exact) mass is 422 g/mol. The summed E-state index contributed by atoms with van der Waals surface area (Å²) >= 11 is 10.7. The third-order valence-electron chi connectivity index (χ3n) is 3.09. The molecule has 24 heavy (non-hydrogen) atoms. The highest BCUT2D eigenvalue weighted by Crippen LogP contribution is 2.26. The first-order chi connectivity index (χ1) is 11.6. The minimum absolute atomic E-state index is 0.160. The van der Waals surface area contributed by atoms with Crippen LogP contribution in [-0.2, 0) is 4.79 Å². The van der Waals surface area contributed by atoms with Crippen LogP contribution in [0.5, 0.6) is 0 Å². The van der Waals surface area contributed by atoms with Gasteiger partial charge in [-0.25, -0.2) is 0 Å². The Morgan fingerprint density at radius 3 is 2.79 bits per heavy atom. The van der Waals surface area contributed by atoms with Crippen LogP contribution in [0.1, 0.15) is 0 Å². The van der Waals surface area contributed by atoms with Crippen LogP contribution in [0.4, 0.5) is 5.69 Å². The van der Waals surface area contributed by atoms with Crippen molar-refractivity contribution in [2.24, 2.45) is 0 Å². The Hall–Kier alpha value is -1.83. The number of rotatable bonds is 5. The molecule has 3 aromatic rings. The van der Waals surface area contributed by atoms with Gasteiger partial charge < -0.3 is 5.32 Å². The van der Waals surface area contributed by atoms with Crippen molar-refractivity contribution in [2.75, 3.05) is 11.1 Å². The summed E-state index contributed by atoms with van der Waals surface area (Å²) in [6, 6.07) is 15.0. The maximum absolute atomic E-state index is 12.1. The lowest BCUT2D eigenvalue weighted by Crippen LogP contribution is -2.14. The molecule has 0 bridgehead atoms. The van der Waals surface area contributed by atoms with E-state index in [0.29, 0.717) is 15.9 Å². The van der Waals surface area contributed by atoms with E-state index in [0.717, 1.165) is 10.2 Å². The van der Waals surface area contributed by atoms with Gasteiger partial charge in [-0.05, 0) is 30.3 Å². The van der Waals surface area contributed by atoms with Crippen molar-refractivity contribution in [3.8, 4) is 5.69 Å². The minimum atomic E-state index is -0.160. The molecule has 1 aromatic heterocycles. The standard InChI is InChI=1S/C16H12BrClN4OS/c17-11-6-7-14(13(18)8-11)20-15(23)9-24-16-21-19-10-22(16)12-4-2-1-3-5-12/h1-8,10H,9H2,(H,20,23). The zero-order valence-electron chi connectivity index (χ0n) is 12.3. The van der Waals surface area contributed by atoms with E-state index in [1.807, 2.05) is 41.0 Å². The van der Waals surface area contributed by atoms with Gasteiger partial charge in [0.05, 0.1) is 16.5 Å². The van der Waals surface area contributed by atoms with Crippen LogP contribution in [0.15, 0.2) is 64.5 Å². The SMILES string of the molecule is O=C(CSc1nncn1-c1ccccc1)Nc1ccc(Br)cc1Cl. The van der Waals surface area contributed by atoms with Crippen molar-refractivity contribution >= 4 is 50.9 Å². The fourth-order valence-electron chi connectivity index (χ4n) is 2.00. The number of aromatic nitrogens is 3. The van der Waals surface area contributed by atoms with E-state index in [1.165, 1.54) is 11.8 Å². The van der Waals surface area contributed by atoms with Crippen LogP contribution in [0.25, 0.3) is 5.69 Å². The third kappa shape index (κ3) is 4.17. The van der Waals surface area contributed by atoms with Crippen molar-refractivity contribution in [1.29, 1.82) is 0 Å². The molecule has 0 aliphatic heterocycles. The van der Waals surface area contributed by atoms with E-state index in [1.54, 1.807) is 18.5 Å². The molecule has 0 fully saturated rings. The molecule has 0 saturated heterocycles. The van der Waals surface area contributed by atoms with Gasteiger partial charge in [-0.15, -0.1) is 10.2 Å².